The van der Waals surface area contributed by atoms with E-state index >= 15 is 0 Å². The third-order valence-corrected chi connectivity index (χ3v) is 5.25. The molecule has 7 heteroatoms. The highest BCUT2D eigenvalue weighted by Gasteiger charge is 2.33. The minimum atomic E-state index is -3.42. The Morgan fingerprint density at radius 1 is 1.40 bits per heavy atom. The average Bonchev–Trinajstić information content (AvgIpc) is 2.35. The Bertz CT molecular complexity index is 719. The Hall–Kier alpha value is -1.89. The van der Waals surface area contributed by atoms with E-state index in [0.29, 0.717) is 22.4 Å². The predicted molar refractivity (Wildman–Crippen MR) is 73.1 cm³/mol. The number of hydrogen-bond acceptors (Lipinski definition) is 5. The van der Waals surface area contributed by atoms with Crippen molar-refractivity contribution in [2.24, 2.45) is 5.16 Å². The first-order chi connectivity index (χ1) is 9.29. The summed E-state index contributed by atoms with van der Waals surface area (Å²) in [7, 11) is -2.04. The molecule has 1 aliphatic heterocycles. The number of aromatic carboxylic acids is 1. The molecule has 0 unspecified atom stereocenters. The van der Waals surface area contributed by atoms with Gasteiger partial charge in [-0.1, -0.05) is 5.16 Å². The van der Waals surface area contributed by atoms with E-state index in [2.05, 4.69) is 5.16 Å². The van der Waals surface area contributed by atoms with Gasteiger partial charge in [0.05, 0.1) is 21.9 Å². The zero-order valence-corrected chi connectivity index (χ0v) is 12.2. The normalized spacial score (nSPS) is 18.6. The van der Waals surface area contributed by atoms with Gasteiger partial charge in [0.1, 0.15) is 7.11 Å². The van der Waals surface area contributed by atoms with Crippen molar-refractivity contribution in [3.05, 3.63) is 28.3 Å². The molecule has 0 aromatic heterocycles. The number of fused-ring (bicyclic) bond motifs is 1. The van der Waals surface area contributed by atoms with Gasteiger partial charge in [-0.2, -0.15) is 0 Å². The Kier molecular flexibility index (Phi) is 3.56. The van der Waals surface area contributed by atoms with Crippen LogP contribution in [0.4, 0.5) is 0 Å². The molecule has 1 aromatic rings. The molecular weight excluding hydrogens is 282 g/mol. The van der Waals surface area contributed by atoms with Crippen molar-refractivity contribution in [2.45, 2.75) is 25.2 Å². The Balaban J connectivity index is 2.91. The second-order valence-corrected chi connectivity index (χ2v) is 6.71. The lowest BCUT2D eigenvalue weighted by Crippen LogP contribution is -2.25. The summed E-state index contributed by atoms with van der Waals surface area (Å²) in [4.78, 5) is 16.2. The van der Waals surface area contributed by atoms with E-state index in [0.717, 1.165) is 0 Å². The lowest BCUT2D eigenvalue weighted by atomic mass is 9.94. The van der Waals surface area contributed by atoms with Gasteiger partial charge < -0.3 is 9.94 Å². The van der Waals surface area contributed by atoms with Crippen LogP contribution in [0.3, 0.4) is 0 Å². The van der Waals surface area contributed by atoms with Crippen molar-refractivity contribution in [1.29, 1.82) is 0 Å². The van der Waals surface area contributed by atoms with Crippen LogP contribution < -0.4 is 0 Å². The number of carboxylic acid groups (broad SMARTS) is 1. The van der Waals surface area contributed by atoms with Crippen LogP contribution in [0.15, 0.2) is 16.1 Å². The summed E-state index contributed by atoms with van der Waals surface area (Å²) in [5, 5.41) is 13.1. The number of carboxylic acids is 1. The predicted octanol–water partition coefficient (Wildman–Crippen LogP) is 1.53. The second kappa shape index (κ2) is 4.90. The summed E-state index contributed by atoms with van der Waals surface area (Å²) in [6, 6.07) is 1.39. The molecule has 0 saturated carbocycles. The molecule has 0 amide bonds. The van der Waals surface area contributed by atoms with Gasteiger partial charge >= 0.3 is 5.97 Å². The average molecular weight is 297 g/mol. The van der Waals surface area contributed by atoms with Crippen molar-refractivity contribution in [2.75, 3.05) is 12.9 Å². The molecule has 0 fully saturated rings. The van der Waals surface area contributed by atoms with Gasteiger partial charge in [0, 0.05) is 12.0 Å². The standard InChI is InChI=1S/C13H15NO5S/c1-7-6-9(13(15)16)8(2)11-10(14-19-3)4-5-20(17,18)12(7)11/h6H,4-5H2,1-3H3,(H,15,16)/b14-10+. The minimum absolute atomic E-state index is 0.0467. The molecule has 0 bridgehead atoms. The maximum atomic E-state index is 12.2. The Labute approximate surface area is 117 Å². The first-order valence-electron chi connectivity index (χ1n) is 6.00. The fraction of sp³-hybridized carbons (Fsp3) is 0.385. The molecule has 1 N–H and O–H groups in total. The quantitative estimate of drug-likeness (QED) is 0.836. The van der Waals surface area contributed by atoms with Crippen LogP contribution in [0.25, 0.3) is 0 Å². The largest absolute Gasteiger partial charge is 0.478 e. The topological polar surface area (TPSA) is 93.0 Å². The Morgan fingerprint density at radius 3 is 2.60 bits per heavy atom. The molecule has 1 aliphatic rings. The van der Waals surface area contributed by atoms with Crippen LogP contribution in [0.1, 0.15) is 33.5 Å². The molecule has 0 atom stereocenters. The van der Waals surface area contributed by atoms with Crippen LogP contribution in [-0.2, 0) is 14.7 Å². The highest BCUT2D eigenvalue weighted by Crippen LogP contribution is 2.33. The van der Waals surface area contributed by atoms with Crippen molar-refractivity contribution < 1.29 is 23.2 Å². The van der Waals surface area contributed by atoms with Crippen LogP contribution in [-0.4, -0.2) is 38.1 Å². The van der Waals surface area contributed by atoms with E-state index in [1.54, 1.807) is 13.8 Å². The van der Waals surface area contributed by atoms with Crippen LogP contribution >= 0.6 is 0 Å². The summed E-state index contributed by atoms with van der Waals surface area (Å²) in [6.07, 6.45) is 0.215. The number of sulfone groups is 1. The van der Waals surface area contributed by atoms with Gasteiger partial charge in [0.15, 0.2) is 9.84 Å². The smallest absolute Gasteiger partial charge is 0.335 e. The van der Waals surface area contributed by atoms with Crippen LogP contribution in [0.2, 0.25) is 0 Å². The number of oxime groups is 1. The number of hydrogen-bond donors (Lipinski definition) is 1. The van der Waals surface area contributed by atoms with Crippen molar-refractivity contribution in [3.8, 4) is 0 Å². The van der Waals surface area contributed by atoms with E-state index in [9.17, 15) is 18.3 Å². The van der Waals surface area contributed by atoms with Gasteiger partial charge in [0.2, 0.25) is 0 Å². The molecule has 6 nitrogen and oxygen atoms in total. The van der Waals surface area contributed by atoms with E-state index in [4.69, 9.17) is 4.84 Å². The number of benzene rings is 1. The van der Waals surface area contributed by atoms with Gasteiger partial charge in [-0.05, 0) is 31.0 Å². The first kappa shape index (κ1) is 14.5. The summed E-state index contributed by atoms with van der Waals surface area (Å²) in [5.74, 6) is -1.14. The first-order valence-corrected chi connectivity index (χ1v) is 7.65. The Morgan fingerprint density at radius 2 is 2.05 bits per heavy atom. The summed E-state index contributed by atoms with van der Waals surface area (Å²) in [6.45, 7) is 3.19. The molecule has 2 rings (SSSR count). The number of carbonyl (C=O) groups is 1. The van der Waals surface area contributed by atoms with Crippen molar-refractivity contribution >= 4 is 21.5 Å². The van der Waals surface area contributed by atoms with Gasteiger partial charge in [0.25, 0.3) is 0 Å². The molecule has 0 saturated heterocycles. The number of aryl methyl sites for hydroxylation is 1. The van der Waals surface area contributed by atoms with Crippen LogP contribution in [0.5, 0.6) is 0 Å². The lowest BCUT2D eigenvalue weighted by Gasteiger charge is -2.23. The second-order valence-electron chi connectivity index (χ2n) is 4.66. The maximum absolute atomic E-state index is 12.2. The molecule has 0 spiro atoms. The van der Waals surface area contributed by atoms with Gasteiger partial charge in [-0.15, -0.1) is 0 Å². The van der Waals surface area contributed by atoms with E-state index < -0.39 is 15.8 Å². The third kappa shape index (κ3) is 2.18. The molecule has 1 heterocycles. The third-order valence-electron chi connectivity index (χ3n) is 3.36. The van der Waals surface area contributed by atoms with E-state index in [-0.39, 0.29) is 22.6 Å². The summed E-state index contributed by atoms with van der Waals surface area (Å²) >= 11 is 0. The number of nitrogens with zero attached hydrogens (tertiary/aromatic N) is 1. The highest BCUT2D eigenvalue weighted by atomic mass is 32.2. The zero-order chi connectivity index (χ0) is 15.1. The van der Waals surface area contributed by atoms with Crippen molar-refractivity contribution in [1.82, 2.24) is 0 Å². The van der Waals surface area contributed by atoms with E-state index in [1.807, 2.05) is 0 Å². The molecule has 0 aliphatic carbocycles. The minimum Gasteiger partial charge on any atom is -0.478 e. The SMILES string of the molecule is CO/N=C1\CCS(=O)(=O)c2c(C)cc(C(=O)O)c(C)c21. The van der Waals surface area contributed by atoms with Gasteiger partial charge in [-0.25, -0.2) is 13.2 Å². The lowest BCUT2D eigenvalue weighted by molar-refractivity contribution is 0.0696. The van der Waals surface area contributed by atoms with E-state index in [1.165, 1.54) is 13.2 Å². The highest BCUT2D eigenvalue weighted by molar-refractivity contribution is 7.91. The van der Waals surface area contributed by atoms with Crippen LogP contribution in [0, 0.1) is 13.8 Å². The van der Waals surface area contributed by atoms with Crippen molar-refractivity contribution in [3.63, 3.8) is 0 Å². The fourth-order valence-electron chi connectivity index (χ4n) is 2.52. The summed E-state index contributed by atoms with van der Waals surface area (Å²) < 4.78 is 24.5. The molecule has 108 valence electrons. The zero-order valence-electron chi connectivity index (χ0n) is 11.4. The molecule has 1 aromatic carbocycles. The monoisotopic (exact) mass is 297 g/mol. The maximum Gasteiger partial charge on any atom is 0.335 e. The molecular formula is C13H15NO5S. The fourth-order valence-corrected chi connectivity index (χ4v) is 4.32. The summed E-state index contributed by atoms with van der Waals surface area (Å²) in [5.41, 5.74) is 1.75. The van der Waals surface area contributed by atoms with Gasteiger partial charge in [-0.3, -0.25) is 0 Å². The molecule has 0 radical (unpaired) electrons. The molecule has 20 heavy (non-hydrogen) atoms. The number of rotatable bonds is 2.